The Morgan fingerprint density at radius 1 is 0.850 bits per heavy atom. The van der Waals surface area contributed by atoms with Gasteiger partial charge >= 0.3 is 0 Å². The predicted octanol–water partition coefficient (Wildman–Crippen LogP) is 7.92. The second-order valence-corrected chi connectivity index (χ2v) is 7.14. The monoisotopic (exact) mass is 344 g/mol. The third-order valence-electron chi connectivity index (χ3n) is 3.27. The fourth-order valence-electron chi connectivity index (χ4n) is 0.848. The second kappa shape index (κ2) is 12.4. The number of rotatable bonds is 1. The average molecular weight is 345 g/mol. The lowest BCUT2D eigenvalue weighted by atomic mass is 9.84. The highest BCUT2D eigenvalue weighted by atomic mass is 79.9. The number of benzene rings is 1. The van der Waals surface area contributed by atoms with Crippen molar-refractivity contribution in [3.63, 3.8) is 0 Å². The van der Waals surface area contributed by atoms with E-state index in [1.807, 2.05) is 13.8 Å². The van der Waals surface area contributed by atoms with Crippen LogP contribution in [0, 0.1) is 11.3 Å². The Kier molecular flexibility index (Phi) is 15.4. The molecule has 20 heavy (non-hydrogen) atoms. The zero-order valence-corrected chi connectivity index (χ0v) is 15.9. The van der Waals surface area contributed by atoms with Crippen LogP contribution in [0.1, 0.15) is 81.2 Å². The molecule has 1 rings (SSSR count). The zero-order chi connectivity index (χ0) is 15.6. The Labute approximate surface area is 137 Å². The van der Waals surface area contributed by atoms with Gasteiger partial charge in [0.25, 0.3) is 0 Å². The molecule has 0 atom stereocenters. The first-order valence-electron chi connectivity index (χ1n) is 7.40. The molecule has 0 nitrogen and oxygen atoms in total. The Bertz CT molecular complexity index is 302. The lowest BCUT2D eigenvalue weighted by Crippen LogP contribution is -2.12. The van der Waals surface area contributed by atoms with E-state index in [0.717, 1.165) is 10.4 Å². The maximum atomic E-state index is 3.39. The van der Waals surface area contributed by atoms with Crippen LogP contribution in [-0.2, 0) is 0 Å². The Morgan fingerprint density at radius 3 is 1.35 bits per heavy atom. The largest absolute Gasteiger partial charge is 0.0776 e. The van der Waals surface area contributed by atoms with E-state index in [0.29, 0.717) is 11.3 Å². The normalized spacial score (nSPS) is 10.0. The van der Waals surface area contributed by atoms with E-state index < -0.39 is 0 Å². The fourth-order valence-corrected chi connectivity index (χ4v) is 1.11. The topological polar surface area (TPSA) is 0 Å². The fraction of sp³-hybridized carbons (Fsp3) is 0.684. The summed E-state index contributed by atoms with van der Waals surface area (Å²) in [4.78, 5) is 0. The molecular weight excluding hydrogens is 308 g/mol. The van der Waals surface area contributed by atoms with E-state index in [9.17, 15) is 0 Å². The van der Waals surface area contributed by atoms with Gasteiger partial charge in [-0.3, -0.25) is 0 Å². The van der Waals surface area contributed by atoms with Crippen LogP contribution in [0.5, 0.6) is 0 Å². The lowest BCUT2D eigenvalue weighted by Gasteiger charge is -2.22. The van der Waals surface area contributed by atoms with Gasteiger partial charge in [0.2, 0.25) is 0 Å². The van der Waals surface area contributed by atoms with Gasteiger partial charge in [0.1, 0.15) is 0 Å². The van der Waals surface area contributed by atoms with Crippen molar-refractivity contribution in [2.75, 3.05) is 0 Å². The maximum absolute atomic E-state index is 3.39. The molecule has 0 bridgehead atoms. The standard InChI is InChI=1S/C9H11Br.C7H16.C2H6.CH4/c1-7(2)8-3-5-9(10)6-4-8;1-6(2)7(3,4)5;1-2;/h3-7H,1-2H3;6H,1-5H3;1-2H3;1H4. The van der Waals surface area contributed by atoms with Gasteiger partial charge in [-0.25, -0.2) is 0 Å². The van der Waals surface area contributed by atoms with Crippen molar-refractivity contribution in [2.45, 2.75) is 75.7 Å². The summed E-state index contributed by atoms with van der Waals surface area (Å²) in [6.07, 6.45) is 0. The molecule has 0 aliphatic carbocycles. The summed E-state index contributed by atoms with van der Waals surface area (Å²) in [5, 5.41) is 0. The van der Waals surface area contributed by atoms with Crippen LogP contribution < -0.4 is 0 Å². The van der Waals surface area contributed by atoms with Crippen LogP contribution in [0.3, 0.4) is 0 Å². The Balaban J connectivity index is -0.000000258. The van der Waals surface area contributed by atoms with Crippen LogP contribution in [0.4, 0.5) is 0 Å². The summed E-state index contributed by atoms with van der Waals surface area (Å²) >= 11 is 3.39. The van der Waals surface area contributed by atoms with Gasteiger partial charge in [-0.2, -0.15) is 0 Å². The second-order valence-electron chi connectivity index (χ2n) is 6.23. The molecule has 1 heteroatoms. The molecule has 0 unspecified atom stereocenters. The number of halogens is 1. The SMILES string of the molecule is C.CC.CC(C)C(C)(C)C.CC(C)c1ccc(Br)cc1. The van der Waals surface area contributed by atoms with E-state index in [4.69, 9.17) is 0 Å². The summed E-state index contributed by atoms with van der Waals surface area (Å²) < 4.78 is 1.15. The molecule has 0 amide bonds. The molecule has 1 aromatic carbocycles. The third-order valence-corrected chi connectivity index (χ3v) is 3.80. The van der Waals surface area contributed by atoms with Crippen molar-refractivity contribution in [1.29, 1.82) is 0 Å². The summed E-state index contributed by atoms with van der Waals surface area (Å²) in [6.45, 7) is 19.7. The average Bonchev–Trinajstić information content (AvgIpc) is 2.31. The van der Waals surface area contributed by atoms with E-state index in [2.05, 4.69) is 88.7 Å². The molecule has 0 saturated heterocycles. The third kappa shape index (κ3) is 12.7. The number of hydrogen-bond donors (Lipinski definition) is 0. The van der Waals surface area contributed by atoms with Gasteiger partial charge in [0.05, 0.1) is 0 Å². The minimum Gasteiger partial charge on any atom is -0.0776 e. The maximum Gasteiger partial charge on any atom is 0.0175 e. The summed E-state index contributed by atoms with van der Waals surface area (Å²) in [7, 11) is 0. The van der Waals surface area contributed by atoms with Crippen LogP contribution in [0.25, 0.3) is 0 Å². The quantitative estimate of drug-likeness (QED) is 0.485. The molecule has 0 radical (unpaired) electrons. The minimum absolute atomic E-state index is 0. The van der Waals surface area contributed by atoms with Crippen LogP contribution in [0.15, 0.2) is 28.7 Å². The highest BCUT2D eigenvalue weighted by Gasteiger charge is 2.13. The smallest absolute Gasteiger partial charge is 0.0175 e. The van der Waals surface area contributed by atoms with Gasteiger partial charge in [-0.05, 0) is 34.9 Å². The molecule has 0 heterocycles. The first kappa shape index (κ1) is 24.7. The Hall–Kier alpha value is -0.300. The van der Waals surface area contributed by atoms with Crippen molar-refractivity contribution in [3.8, 4) is 0 Å². The van der Waals surface area contributed by atoms with Crippen molar-refractivity contribution < 1.29 is 0 Å². The predicted molar refractivity (Wildman–Crippen MR) is 101 cm³/mol. The van der Waals surface area contributed by atoms with E-state index in [1.54, 1.807) is 0 Å². The summed E-state index contributed by atoms with van der Waals surface area (Å²) in [5.74, 6) is 1.43. The zero-order valence-electron chi connectivity index (χ0n) is 14.3. The Morgan fingerprint density at radius 2 is 1.15 bits per heavy atom. The lowest BCUT2D eigenvalue weighted by molar-refractivity contribution is 0.283. The molecule has 0 saturated carbocycles. The minimum atomic E-state index is 0. The first-order chi connectivity index (χ1) is 8.64. The first-order valence-corrected chi connectivity index (χ1v) is 8.19. The van der Waals surface area contributed by atoms with Crippen LogP contribution in [-0.4, -0.2) is 0 Å². The highest BCUT2D eigenvalue weighted by molar-refractivity contribution is 9.10. The summed E-state index contributed by atoms with van der Waals surface area (Å²) in [5.41, 5.74) is 1.89. The molecule has 0 aliphatic rings. The van der Waals surface area contributed by atoms with Gasteiger partial charge in [0.15, 0.2) is 0 Å². The summed E-state index contributed by atoms with van der Waals surface area (Å²) in [6, 6.07) is 8.45. The van der Waals surface area contributed by atoms with Crippen molar-refractivity contribution in [3.05, 3.63) is 34.3 Å². The van der Waals surface area contributed by atoms with Gasteiger partial charge in [-0.1, -0.05) is 97.8 Å². The van der Waals surface area contributed by atoms with Crippen LogP contribution >= 0.6 is 15.9 Å². The molecule has 0 fully saturated rings. The van der Waals surface area contributed by atoms with Crippen molar-refractivity contribution in [1.82, 2.24) is 0 Å². The highest BCUT2D eigenvalue weighted by Crippen LogP contribution is 2.23. The van der Waals surface area contributed by atoms with Crippen molar-refractivity contribution in [2.24, 2.45) is 11.3 Å². The van der Waals surface area contributed by atoms with Gasteiger partial charge < -0.3 is 0 Å². The van der Waals surface area contributed by atoms with Crippen molar-refractivity contribution >= 4 is 15.9 Å². The van der Waals surface area contributed by atoms with E-state index >= 15 is 0 Å². The molecular formula is C19H37Br. The van der Waals surface area contributed by atoms with E-state index in [1.165, 1.54) is 5.56 Å². The molecule has 0 spiro atoms. The number of hydrogen-bond acceptors (Lipinski definition) is 0. The molecule has 0 N–H and O–H groups in total. The molecule has 1 aromatic rings. The molecule has 0 aliphatic heterocycles. The molecule has 120 valence electrons. The van der Waals surface area contributed by atoms with Gasteiger partial charge in [0, 0.05) is 4.47 Å². The molecule has 0 aromatic heterocycles. The van der Waals surface area contributed by atoms with Gasteiger partial charge in [-0.15, -0.1) is 0 Å². The van der Waals surface area contributed by atoms with E-state index in [-0.39, 0.29) is 7.43 Å². The van der Waals surface area contributed by atoms with Crippen LogP contribution in [0.2, 0.25) is 0 Å².